The third-order valence-electron chi connectivity index (χ3n) is 4.81. The zero-order chi connectivity index (χ0) is 21.2. The maximum Gasteiger partial charge on any atom is 0.262 e. The molecule has 1 amide bonds. The van der Waals surface area contributed by atoms with Crippen molar-refractivity contribution >= 4 is 27.3 Å². The van der Waals surface area contributed by atoms with Gasteiger partial charge in [0.25, 0.3) is 15.9 Å². The number of rotatable bonds is 5. The van der Waals surface area contributed by atoms with Crippen LogP contribution in [0.15, 0.2) is 65.6 Å². The molecule has 0 aromatic heterocycles. The quantitative estimate of drug-likeness (QED) is 0.626. The van der Waals surface area contributed by atoms with Gasteiger partial charge < -0.3 is 5.32 Å². The molecule has 0 aliphatic rings. The minimum Gasteiger partial charge on any atom is -0.322 e. The third-order valence-corrected chi connectivity index (χ3v) is 6.33. The molecule has 2 N–H and O–H groups in total. The Labute approximate surface area is 171 Å². The lowest BCUT2D eigenvalue weighted by Crippen LogP contribution is -2.17. The normalized spacial score (nSPS) is 11.2. The van der Waals surface area contributed by atoms with E-state index in [1.807, 2.05) is 39.0 Å². The maximum atomic E-state index is 12.9. The number of benzene rings is 3. The first kappa shape index (κ1) is 20.6. The van der Waals surface area contributed by atoms with Gasteiger partial charge in [-0.3, -0.25) is 9.52 Å². The molecule has 0 aliphatic heterocycles. The summed E-state index contributed by atoms with van der Waals surface area (Å²) in [6.07, 6.45) is 0. The third kappa shape index (κ3) is 4.84. The summed E-state index contributed by atoms with van der Waals surface area (Å²) in [5, 5.41) is 2.79. The Hall–Kier alpha value is -3.12. The minimum atomic E-state index is -3.84. The van der Waals surface area contributed by atoms with E-state index < -0.39 is 10.0 Å². The summed E-state index contributed by atoms with van der Waals surface area (Å²) >= 11 is 0. The van der Waals surface area contributed by atoms with E-state index in [2.05, 4.69) is 10.0 Å². The fourth-order valence-electron chi connectivity index (χ4n) is 2.89. The zero-order valence-electron chi connectivity index (χ0n) is 16.9. The number of sulfonamides is 1. The van der Waals surface area contributed by atoms with E-state index in [1.54, 1.807) is 43.3 Å². The SMILES string of the molecule is Cc1ccc(NC(=O)c2ccc(C)c(S(=O)(=O)Nc3ccc(C)c(C)c3)c2)cc1. The van der Waals surface area contributed by atoms with Crippen LogP contribution >= 0.6 is 0 Å². The minimum absolute atomic E-state index is 0.0762. The molecule has 6 heteroatoms. The van der Waals surface area contributed by atoms with Gasteiger partial charge in [-0.15, -0.1) is 0 Å². The molecule has 0 bridgehead atoms. The molecule has 3 rings (SSSR count). The molecule has 0 saturated heterocycles. The second-order valence-corrected chi connectivity index (χ2v) is 8.86. The van der Waals surface area contributed by atoms with Crippen molar-refractivity contribution in [2.45, 2.75) is 32.6 Å². The van der Waals surface area contributed by atoms with Crippen molar-refractivity contribution in [1.82, 2.24) is 0 Å². The van der Waals surface area contributed by atoms with Crippen LogP contribution in [0, 0.1) is 27.7 Å². The number of nitrogens with one attached hydrogen (secondary N) is 2. The number of carbonyl (C=O) groups is 1. The second kappa shape index (κ2) is 8.09. The second-order valence-electron chi connectivity index (χ2n) is 7.20. The van der Waals surface area contributed by atoms with Crippen LogP contribution in [0.4, 0.5) is 11.4 Å². The summed E-state index contributed by atoms with van der Waals surface area (Å²) in [6, 6.07) is 17.4. The van der Waals surface area contributed by atoms with Crippen molar-refractivity contribution in [3.63, 3.8) is 0 Å². The summed E-state index contributed by atoms with van der Waals surface area (Å²) in [5.41, 5.74) is 5.14. The fourth-order valence-corrected chi connectivity index (χ4v) is 4.21. The van der Waals surface area contributed by atoms with Gasteiger partial charge in [0.1, 0.15) is 0 Å². The lowest BCUT2D eigenvalue weighted by Gasteiger charge is -2.13. The maximum absolute atomic E-state index is 12.9. The van der Waals surface area contributed by atoms with E-state index in [4.69, 9.17) is 0 Å². The number of hydrogen-bond acceptors (Lipinski definition) is 3. The molecule has 0 aliphatic carbocycles. The van der Waals surface area contributed by atoms with Crippen molar-refractivity contribution in [3.8, 4) is 0 Å². The van der Waals surface area contributed by atoms with Gasteiger partial charge in [0.2, 0.25) is 0 Å². The van der Waals surface area contributed by atoms with Crippen molar-refractivity contribution in [1.29, 1.82) is 0 Å². The van der Waals surface area contributed by atoms with Gasteiger partial charge >= 0.3 is 0 Å². The lowest BCUT2D eigenvalue weighted by molar-refractivity contribution is 0.102. The Morgan fingerprint density at radius 3 is 2.00 bits per heavy atom. The van der Waals surface area contributed by atoms with E-state index in [1.165, 1.54) is 6.07 Å². The summed E-state index contributed by atoms with van der Waals surface area (Å²) in [6.45, 7) is 7.56. The Bertz CT molecular complexity index is 1170. The summed E-state index contributed by atoms with van der Waals surface area (Å²) in [7, 11) is -3.84. The van der Waals surface area contributed by atoms with Gasteiger partial charge in [-0.2, -0.15) is 0 Å². The highest BCUT2D eigenvalue weighted by molar-refractivity contribution is 7.92. The van der Waals surface area contributed by atoms with E-state index in [9.17, 15) is 13.2 Å². The van der Waals surface area contributed by atoms with Gasteiger partial charge in [-0.25, -0.2) is 8.42 Å². The molecule has 3 aromatic rings. The number of aryl methyl sites for hydroxylation is 4. The van der Waals surface area contributed by atoms with E-state index in [0.29, 0.717) is 16.9 Å². The predicted molar refractivity (Wildman–Crippen MR) is 117 cm³/mol. The monoisotopic (exact) mass is 408 g/mol. The number of carbonyl (C=O) groups excluding carboxylic acids is 1. The molecule has 0 unspecified atom stereocenters. The van der Waals surface area contributed by atoms with Crippen molar-refractivity contribution < 1.29 is 13.2 Å². The van der Waals surface area contributed by atoms with Crippen LogP contribution in [0.5, 0.6) is 0 Å². The Morgan fingerprint density at radius 2 is 1.34 bits per heavy atom. The van der Waals surface area contributed by atoms with Crippen LogP contribution in [0.3, 0.4) is 0 Å². The predicted octanol–water partition coefficient (Wildman–Crippen LogP) is 4.97. The topological polar surface area (TPSA) is 75.3 Å². The molecule has 0 radical (unpaired) electrons. The smallest absolute Gasteiger partial charge is 0.262 e. The van der Waals surface area contributed by atoms with Gasteiger partial charge in [0.05, 0.1) is 4.90 Å². The molecule has 5 nitrogen and oxygen atoms in total. The average Bonchev–Trinajstić information content (AvgIpc) is 2.66. The molecular weight excluding hydrogens is 384 g/mol. The molecule has 0 atom stereocenters. The average molecular weight is 409 g/mol. The van der Waals surface area contributed by atoms with Gasteiger partial charge in [-0.05, 0) is 80.8 Å². The first-order valence-electron chi connectivity index (χ1n) is 9.24. The van der Waals surface area contributed by atoms with E-state index in [-0.39, 0.29) is 16.4 Å². The van der Waals surface area contributed by atoms with Gasteiger partial charge in [0.15, 0.2) is 0 Å². The summed E-state index contributed by atoms with van der Waals surface area (Å²) < 4.78 is 28.5. The number of anilines is 2. The standard InChI is InChI=1S/C23H24N2O3S/c1-15-5-10-20(11-6-15)24-23(26)19-9-7-17(3)22(14-19)29(27,28)25-21-12-8-16(2)18(4)13-21/h5-14,25H,1-4H3,(H,24,26). The molecule has 150 valence electrons. The van der Waals surface area contributed by atoms with Crippen LogP contribution in [0.2, 0.25) is 0 Å². The molecule has 3 aromatic carbocycles. The molecule has 0 heterocycles. The largest absolute Gasteiger partial charge is 0.322 e. The zero-order valence-corrected chi connectivity index (χ0v) is 17.7. The highest BCUT2D eigenvalue weighted by Crippen LogP contribution is 2.23. The van der Waals surface area contributed by atoms with Crippen molar-refractivity contribution in [3.05, 3.63) is 88.5 Å². The molecular formula is C23H24N2O3S. The van der Waals surface area contributed by atoms with Crippen molar-refractivity contribution in [2.24, 2.45) is 0 Å². The molecule has 0 spiro atoms. The van der Waals surface area contributed by atoms with Crippen LogP contribution < -0.4 is 10.0 Å². The van der Waals surface area contributed by atoms with Crippen LogP contribution in [-0.4, -0.2) is 14.3 Å². The number of amides is 1. The van der Waals surface area contributed by atoms with E-state index >= 15 is 0 Å². The van der Waals surface area contributed by atoms with Gasteiger partial charge in [0, 0.05) is 16.9 Å². The number of hydrogen-bond donors (Lipinski definition) is 2. The molecule has 0 fully saturated rings. The fraction of sp³-hybridized carbons (Fsp3) is 0.174. The van der Waals surface area contributed by atoms with Crippen LogP contribution in [0.1, 0.15) is 32.6 Å². The van der Waals surface area contributed by atoms with Crippen LogP contribution in [0.25, 0.3) is 0 Å². The first-order valence-corrected chi connectivity index (χ1v) is 10.7. The van der Waals surface area contributed by atoms with Gasteiger partial charge in [-0.1, -0.05) is 29.8 Å². The molecule has 0 saturated carbocycles. The Balaban J connectivity index is 1.88. The van der Waals surface area contributed by atoms with Crippen molar-refractivity contribution in [2.75, 3.05) is 10.0 Å². The highest BCUT2D eigenvalue weighted by atomic mass is 32.2. The van der Waals surface area contributed by atoms with Crippen LogP contribution in [-0.2, 0) is 10.0 Å². The Morgan fingerprint density at radius 1 is 0.724 bits per heavy atom. The lowest BCUT2D eigenvalue weighted by atomic mass is 10.1. The molecule has 29 heavy (non-hydrogen) atoms. The highest BCUT2D eigenvalue weighted by Gasteiger charge is 2.19. The first-order chi connectivity index (χ1) is 13.7. The Kier molecular flexibility index (Phi) is 5.75. The summed E-state index contributed by atoms with van der Waals surface area (Å²) in [4.78, 5) is 12.7. The van der Waals surface area contributed by atoms with E-state index in [0.717, 1.165) is 16.7 Å². The summed E-state index contributed by atoms with van der Waals surface area (Å²) in [5.74, 6) is -0.364.